The number of rotatable bonds is 2. The summed E-state index contributed by atoms with van der Waals surface area (Å²) in [4.78, 5) is 0. The Morgan fingerprint density at radius 2 is 2.00 bits per heavy atom. The molecule has 0 bridgehead atoms. The van der Waals surface area contributed by atoms with Gasteiger partial charge in [-0.15, -0.1) is 0 Å². The smallest absolute Gasteiger partial charge is 0.277 e. The second kappa shape index (κ2) is 4.05. The van der Waals surface area contributed by atoms with Crippen molar-refractivity contribution in [3.05, 3.63) is 34.9 Å². The topological polar surface area (TPSA) is 12.0 Å². The molecule has 0 aromatic heterocycles. The van der Waals surface area contributed by atoms with E-state index in [0.29, 0.717) is 19.5 Å². The second-order valence-corrected chi connectivity index (χ2v) is 5.15. The zero-order valence-electron chi connectivity index (χ0n) is 9.81. The lowest BCUT2D eigenvalue weighted by molar-refractivity contribution is -0.0576. The van der Waals surface area contributed by atoms with Gasteiger partial charge in [0.25, 0.3) is 5.92 Å². The number of nitrogens with one attached hydrogen (secondary N) is 1. The molecule has 0 amide bonds. The average Bonchev–Trinajstić information content (AvgIpc) is 2.99. The molecule has 1 aliphatic heterocycles. The van der Waals surface area contributed by atoms with Crippen LogP contribution in [0.15, 0.2) is 18.2 Å². The monoisotopic (exact) mass is 237 g/mol. The summed E-state index contributed by atoms with van der Waals surface area (Å²) in [6.07, 6.45) is 3.69. The summed E-state index contributed by atoms with van der Waals surface area (Å²) in [5.74, 6) is -3.22. The summed E-state index contributed by atoms with van der Waals surface area (Å²) >= 11 is 0. The average molecular weight is 237 g/mol. The maximum absolute atomic E-state index is 14.3. The fourth-order valence-corrected chi connectivity index (χ4v) is 2.98. The number of halogens is 2. The van der Waals surface area contributed by atoms with Crippen LogP contribution >= 0.6 is 0 Å². The summed E-state index contributed by atoms with van der Waals surface area (Å²) in [5.41, 5.74) is 2.61. The van der Waals surface area contributed by atoms with Crippen molar-refractivity contribution in [2.45, 2.75) is 31.6 Å². The maximum atomic E-state index is 14.3. The van der Waals surface area contributed by atoms with Gasteiger partial charge in [0.1, 0.15) is 0 Å². The van der Waals surface area contributed by atoms with Gasteiger partial charge in [0.2, 0.25) is 0 Å². The Bertz CT molecular complexity index is 422. The van der Waals surface area contributed by atoms with Crippen molar-refractivity contribution in [3.63, 3.8) is 0 Å². The van der Waals surface area contributed by atoms with Crippen LogP contribution in [0.4, 0.5) is 8.78 Å². The van der Waals surface area contributed by atoms with Crippen molar-refractivity contribution in [3.8, 4) is 0 Å². The summed E-state index contributed by atoms with van der Waals surface area (Å²) < 4.78 is 28.6. The lowest BCUT2D eigenvalue weighted by Gasteiger charge is -2.23. The normalized spacial score (nSPS) is 24.0. The minimum atomic E-state index is -2.68. The van der Waals surface area contributed by atoms with Gasteiger partial charge in [-0.25, -0.2) is 8.78 Å². The van der Waals surface area contributed by atoms with E-state index in [4.69, 9.17) is 0 Å². The van der Waals surface area contributed by atoms with Gasteiger partial charge in [0.15, 0.2) is 0 Å². The highest BCUT2D eigenvalue weighted by atomic mass is 19.3. The van der Waals surface area contributed by atoms with E-state index in [1.54, 1.807) is 12.1 Å². The van der Waals surface area contributed by atoms with Gasteiger partial charge in [-0.05, 0) is 49.4 Å². The Morgan fingerprint density at radius 3 is 2.76 bits per heavy atom. The molecule has 17 heavy (non-hydrogen) atoms. The molecule has 1 heterocycles. The summed E-state index contributed by atoms with van der Waals surface area (Å²) in [7, 11) is 0. The van der Waals surface area contributed by atoms with E-state index in [-0.39, 0.29) is 5.56 Å². The van der Waals surface area contributed by atoms with Crippen molar-refractivity contribution >= 4 is 0 Å². The number of aryl methyl sites for hydroxylation is 2. The van der Waals surface area contributed by atoms with Crippen LogP contribution in [0.25, 0.3) is 0 Å². The van der Waals surface area contributed by atoms with E-state index >= 15 is 0 Å². The van der Waals surface area contributed by atoms with Gasteiger partial charge in [-0.3, -0.25) is 0 Å². The molecule has 1 saturated heterocycles. The van der Waals surface area contributed by atoms with E-state index in [1.165, 1.54) is 5.56 Å². The minimum Gasteiger partial charge on any atom is -0.316 e. The third-order valence-corrected chi connectivity index (χ3v) is 4.06. The number of fused-ring (bicyclic) bond motifs is 1. The number of benzene rings is 1. The highest BCUT2D eigenvalue weighted by molar-refractivity contribution is 5.37. The van der Waals surface area contributed by atoms with Gasteiger partial charge in [-0.1, -0.05) is 12.1 Å². The zero-order chi connectivity index (χ0) is 11.9. The molecule has 1 aliphatic carbocycles. The summed E-state index contributed by atoms with van der Waals surface area (Å²) in [5, 5.41) is 3.02. The molecule has 1 unspecified atom stereocenters. The maximum Gasteiger partial charge on any atom is 0.277 e. The molecule has 2 aliphatic rings. The fraction of sp³-hybridized carbons (Fsp3) is 0.571. The van der Waals surface area contributed by atoms with Crippen LogP contribution in [0.1, 0.15) is 29.5 Å². The zero-order valence-corrected chi connectivity index (χ0v) is 9.81. The molecule has 1 aromatic carbocycles. The molecule has 0 radical (unpaired) electrons. The predicted octanol–water partition coefficient (Wildman–Crippen LogP) is 2.88. The molecule has 1 atom stereocenters. The van der Waals surface area contributed by atoms with E-state index in [1.807, 2.05) is 6.07 Å². The molecule has 1 nitrogen and oxygen atoms in total. The Labute approximate surface area is 100 Å². The molecule has 1 N–H and O–H groups in total. The van der Waals surface area contributed by atoms with Gasteiger partial charge in [-0.2, -0.15) is 0 Å². The van der Waals surface area contributed by atoms with Crippen molar-refractivity contribution in [1.82, 2.24) is 5.32 Å². The van der Waals surface area contributed by atoms with Gasteiger partial charge >= 0.3 is 0 Å². The van der Waals surface area contributed by atoms with Crippen LogP contribution in [0.2, 0.25) is 0 Å². The summed E-state index contributed by atoms with van der Waals surface area (Å²) in [6.45, 7) is 1.15. The second-order valence-electron chi connectivity index (χ2n) is 5.15. The van der Waals surface area contributed by atoms with Crippen molar-refractivity contribution in [1.29, 1.82) is 0 Å². The molecule has 3 heteroatoms. The van der Waals surface area contributed by atoms with Crippen LogP contribution in [0.5, 0.6) is 0 Å². The molecule has 0 saturated carbocycles. The van der Waals surface area contributed by atoms with Crippen LogP contribution in [0, 0.1) is 5.92 Å². The lowest BCUT2D eigenvalue weighted by atomic mass is 9.92. The third kappa shape index (κ3) is 1.86. The molecule has 0 spiro atoms. The Kier molecular flexibility index (Phi) is 2.66. The quantitative estimate of drug-likeness (QED) is 0.834. The molecule has 1 aromatic rings. The number of hydrogen-bond acceptors (Lipinski definition) is 1. The first kappa shape index (κ1) is 11.1. The van der Waals surface area contributed by atoms with E-state index in [9.17, 15) is 8.78 Å². The van der Waals surface area contributed by atoms with Crippen LogP contribution in [-0.2, 0) is 18.8 Å². The number of hydrogen-bond donors (Lipinski definition) is 1. The highest BCUT2D eigenvalue weighted by Crippen LogP contribution is 2.40. The molecular weight excluding hydrogens is 220 g/mol. The lowest BCUT2D eigenvalue weighted by Crippen LogP contribution is -2.27. The molecule has 92 valence electrons. The van der Waals surface area contributed by atoms with E-state index in [0.717, 1.165) is 24.8 Å². The Morgan fingerprint density at radius 1 is 1.18 bits per heavy atom. The summed E-state index contributed by atoms with van der Waals surface area (Å²) in [6, 6.07) is 5.26. The van der Waals surface area contributed by atoms with Gasteiger partial charge in [0.05, 0.1) is 0 Å². The van der Waals surface area contributed by atoms with E-state index in [2.05, 4.69) is 5.32 Å². The van der Waals surface area contributed by atoms with Crippen LogP contribution in [0.3, 0.4) is 0 Å². The first-order chi connectivity index (χ1) is 8.18. The van der Waals surface area contributed by atoms with Crippen LogP contribution < -0.4 is 5.32 Å². The molecule has 3 rings (SSSR count). The third-order valence-electron chi connectivity index (χ3n) is 4.06. The van der Waals surface area contributed by atoms with Crippen molar-refractivity contribution in [2.24, 2.45) is 5.92 Å². The minimum absolute atomic E-state index is 0.215. The SMILES string of the molecule is FC(F)(c1ccc2c(c1)CCC2)C1CCNC1. The molecule has 1 fully saturated rings. The Hall–Kier alpha value is -0.960. The standard InChI is InChI=1S/C14H17F2N/c15-14(16,13-6-7-17-9-13)12-5-4-10-2-1-3-11(10)8-12/h4-5,8,13,17H,1-3,6-7,9H2. The largest absolute Gasteiger partial charge is 0.316 e. The van der Waals surface area contributed by atoms with Gasteiger partial charge < -0.3 is 5.32 Å². The first-order valence-corrected chi connectivity index (χ1v) is 6.39. The van der Waals surface area contributed by atoms with Gasteiger partial charge in [0, 0.05) is 18.0 Å². The van der Waals surface area contributed by atoms with E-state index < -0.39 is 11.8 Å². The van der Waals surface area contributed by atoms with Crippen molar-refractivity contribution in [2.75, 3.05) is 13.1 Å². The predicted molar refractivity (Wildman–Crippen MR) is 63.3 cm³/mol. The first-order valence-electron chi connectivity index (χ1n) is 6.39. The fourth-order valence-electron chi connectivity index (χ4n) is 2.98. The number of alkyl halides is 2. The Balaban J connectivity index is 1.92. The highest BCUT2D eigenvalue weighted by Gasteiger charge is 2.42. The van der Waals surface area contributed by atoms with Crippen LogP contribution in [-0.4, -0.2) is 13.1 Å². The van der Waals surface area contributed by atoms with Crippen molar-refractivity contribution < 1.29 is 8.78 Å². The molecular formula is C14H17F2N.